The van der Waals surface area contributed by atoms with E-state index in [0.717, 1.165) is 11.4 Å². The molecule has 0 aliphatic rings. The SMILES string of the molecule is Cc1cc(C)nc(SC(C)C(=O)Nc2cc(C(=O)O)ccc2Cl)n1. The van der Waals surface area contributed by atoms with Gasteiger partial charge in [0.15, 0.2) is 5.16 Å². The number of benzene rings is 1. The lowest BCUT2D eigenvalue weighted by Crippen LogP contribution is -2.23. The molecule has 1 aromatic carbocycles. The molecule has 0 aliphatic heterocycles. The van der Waals surface area contributed by atoms with Gasteiger partial charge in [0.1, 0.15) is 0 Å². The van der Waals surface area contributed by atoms with Gasteiger partial charge in [0.25, 0.3) is 0 Å². The van der Waals surface area contributed by atoms with Gasteiger partial charge in [-0.25, -0.2) is 14.8 Å². The van der Waals surface area contributed by atoms with Gasteiger partial charge in [0, 0.05) is 11.4 Å². The summed E-state index contributed by atoms with van der Waals surface area (Å²) in [7, 11) is 0. The highest BCUT2D eigenvalue weighted by Crippen LogP contribution is 2.26. The van der Waals surface area contributed by atoms with Crippen LogP contribution in [0.25, 0.3) is 0 Å². The molecule has 2 N–H and O–H groups in total. The normalized spacial score (nSPS) is 11.8. The minimum atomic E-state index is -1.09. The summed E-state index contributed by atoms with van der Waals surface area (Å²) in [4.78, 5) is 31.9. The second-order valence-corrected chi connectivity index (χ2v) is 6.90. The first kappa shape index (κ1) is 18.2. The molecule has 126 valence electrons. The zero-order valence-electron chi connectivity index (χ0n) is 13.3. The molecule has 0 saturated carbocycles. The average Bonchev–Trinajstić information content (AvgIpc) is 2.48. The number of hydrogen-bond donors (Lipinski definition) is 2. The molecule has 0 bridgehead atoms. The van der Waals surface area contributed by atoms with E-state index in [9.17, 15) is 9.59 Å². The predicted molar refractivity (Wildman–Crippen MR) is 93.9 cm³/mol. The Morgan fingerprint density at radius 3 is 2.42 bits per heavy atom. The number of halogens is 1. The van der Waals surface area contributed by atoms with Crippen molar-refractivity contribution >= 4 is 40.9 Å². The quantitative estimate of drug-likeness (QED) is 0.621. The first-order valence-electron chi connectivity index (χ1n) is 7.09. The fourth-order valence-electron chi connectivity index (χ4n) is 1.95. The van der Waals surface area contributed by atoms with Gasteiger partial charge in [-0.05, 0) is 45.0 Å². The lowest BCUT2D eigenvalue weighted by Gasteiger charge is -2.13. The first-order chi connectivity index (χ1) is 11.3. The molecule has 6 nitrogen and oxygen atoms in total. The number of carbonyl (C=O) groups excluding carboxylic acids is 1. The molecule has 8 heteroatoms. The van der Waals surface area contributed by atoms with Crippen molar-refractivity contribution in [3.8, 4) is 0 Å². The topological polar surface area (TPSA) is 92.2 Å². The molecule has 1 atom stereocenters. The number of amides is 1. The van der Waals surface area contributed by atoms with Crippen LogP contribution in [0.4, 0.5) is 5.69 Å². The zero-order valence-corrected chi connectivity index (χ0v) is 14.9. The Kier molecular flexibility index (Phi) is 5.80. The van der Waals surface area contributed by atoms with Crippen LogP contribution in [0.15, 0.2) is 29.4 Å². The summed E-state index contributed by atoms with van der Waals surface area (Å²) in [5.74, 6) is -1.40. The molecule has 1 unspecified atom stereocenters. The van der Waals surface area contributed by atoms with Crippen LogP contribution >= 0.6 is 23.4 Å². The number of aryl methyl sites for hydroxylation is 2. The van der Waals surface area contributed by atoms with Crippen molar-refractivity contribution in [2.45, 2.75) is 31.2 Å². The number of aromatic carboxylic acids is 1. The van der Waals surface area contributed by atoms with Gasteiger partial charge < -0.3 is 10.4 Å². The van der Waals surface area contributed by atoms with Gasteiger partial charge in [-0.1, -0.05) is 23.4 Å². The summed E-state index contributed by atoms with van der Waals surface area (Å²) < 4.78 is 0. The summed E-state index contributed by atoms with van der Waals surface area (Å²) in [5, 5.41) is 12.0. The molecule has 1 aromatic heterocycles. The van der Waals surface area contributed by atoms with Crippen molar-refractivity contribution in [1.29, 1.82) is 0 Å². The van der Waals surface area contributed by atoms with E-state index in [0.29, 0.717) is 5.16 Å². The molecule has 0 fully saturated rings. The van der Waals surface area contributed by atoms with Crippen LogP contribution < -0.4 is 5.32 Å². The van der Waals surface area contributed by atoms with Crippen LogP contribution in [0.3, 0.4) is 0 Å². The van der Waals surface area contributed by atoms with E-state index in [1.807, 2.05) is 19.9 Å². The van der Waals surface area contributed by atoms with Crippen LogP contribution in [0.1, 0.15) is 28.7 Å². The summed E-state index contributed by atoms with van der Waals surface area (Å²) in [5.41, 5.74) is 1.97. The lowest BCUT2D eigenvalue weighted by atomic mass is 10.2. The maximum atomic E-state index is 12.3. The van der Waals surface area contributed by atoms with Crippen molar-refractivity contribution in [3.63, 3.8) is 0 Å². The van der Waals surface area contributed by atoms with E-state index in [2.05, 4.69) is 15.3 Å². The van der Waals surface area contributed by atoms with Crippen molar-refractivity contribution in [3.05, 3.63) is 46.2 Å². The minimum absolute atomic E-state index is 0.0487. The van der Waals surface area contributed by atoms with Gasteiger partial charge in [-0.2, -0.15) is 0 Å². The van der Waals surface area contributed by atoms with Crippen LogP contribution in [0.5, 0.6) is 0 Å². The summed E-state index contributed by atoms with van der Waals surface area (Å²) in [6.07, 6.45) is 0. The van der Waals surface area contributed by atoms with Crippen LogP contribution in [-0.4, -0.2) is 32.2 Å². The van der Waals surface area contributed by atoms with Crippen molar-refractivity contribution in [2.75, 3.05) is 5.32 Å². The highest BCUT2D eigenvalue weighted by molar-refractivity contribution is 8.00. The molecule has 2 aromatic rings. The average molecular weight is 366 g/mol. The molecule has 0 spiro atoms. The number of nitrogens with zero attached hydrogens (tertiary/aromatic N) is 2. The number of anilines is 1. The van der Waals surface area contributed by atoms with Gasteiger partial charge in [-0.3, -0.25) is 4.79 Å². The second-order valence-electron chi connectivity index (χ2n) is 5.18. The minimum Gasteiger partial charge on any atom is -0.478 e. The maximum Gasteiger partial charge on any atom is 0.335 e. The largest absolute Gasteiger partial charge is 0.478 e. The Morgan fingerprint density at radius 1 is 1.21 bits per heavy atom. The number of carbonyl (C=O) groups is 2. The zero-order chi connectivity index (χ0) is 17.9. The monoisotopic (exact) mass is 365 g/mol. The molecule has 2 rings (SSSR count). The first-order valence-corrected chi connectivity index (χ1v) is 8.34. The Bertz CT molecular complexity index is 778. The van der Waals surface area contributed by atoms with Crippen molar-refractivity contribution in [2.24, 2.45) is 0 Å². The number of carboxylic acid groups (broad SMARTS) is 1. The third-order valence-corrected chi connectivity index (χ3v) is 4.37. The van der Waals surface area contributed by atoms with Crippen LogP contribution in [0.2, 0.25) is 5.02 Å². The summed E-state index contributed by atoms with van der Waals surface area (Å²) >= 11 is 7.23. The smallest absolute Gasteiger partial charge is 0.335 e. The number of hydrogen-bond acceptors (Lipinski definition) is 5. The Balaban J connectivity index is 2.11. The second kappa shape index (κ2) is 7.63. The summed E-state index contributed by atoms with van der Waals surface area (Å²) in [6, 6.07) is 5.99. The van der Waals surface area contributed by atoms with Crippen LogP contribution in [-0.2, 0) is 4.79 Å². The van der Waals surface area contributed by atoms with E-state index >= 15 is 0 Å². The van der Waals surface area contributed by atoms with E-state index in [1.165, 1.54) is 30.0 Å². The van der Waals surface area contributed by atoms with E-state index in [4.69, 9.17) is 16.7 Å². The highest BCUT2D eigenvalue weighted by atomic mass is 35.5. The number of nitrogens with one attached hydrogen (secondary N) is 1. The Hall–Kier alpha value is -2.12. The van der Waals surface area contributed by atoms with Crippen LogP contribution in [0, 0.1) is 13.8 Å². The fraction of sp³-hybridized carbons (Fsp3) is 0.250. The Labute approximate surface area is 148 Å². The molecule has 1 amide bonds. The molecule has 24 heavy (non-hydrogen) atoms. The fourth-order valence-corrected chi connectivity index (χ4v) is 2.99. The third-order valence-electron chi connectivity index (χ3n) is 3.08. The van der Waals surface area contributed by atoms with Crippen molar-refractivity contribution < 1.29 is 14.7 Å². The molecular formula is C16H16ClN3O3S. The molecule has 0 aliphatic carbocycles. The van der Waals surface area contributed by atoms with E-state index < -0.39 is 11.2 Å². The van der Waals surface area contributed by atoms with Gasteiger partial charge in [-0.15, -0.1) is 0 Å². The number of rotatable bonds is 5. The van der Waals surface area contributed by atoms with Gasteiger partial charge in [0.2, 0.25) is 5.91 Å². The third kappa shape index (κ3) is 4.69. The van der Waals surface area contributed by atoms with E-state index in [1.54, 1.807) is 6.92 Å². The maximum absolute atomic E-state index is 12.3. The van der Waals surface area contributed by atoms with Gasteiger partial charge >= 0.3 is 5.97 Å². The number of aromatic nitrogens is 2. The van der Waals surface area contributed by atoms with Gasteiger partial charge in [0.05, 0.1) is 21.5 Å². The standard InChI is InChI=1S/C16H16ClN3O3S/c1-8-6-9(2)19-16(18-8)24-10(3)14(21)20-13-7-11(15(22)23)4-5-12(13)17/h4-7,10H,1-3H3,(H,20,21)(H,22,23). The molecule has 0 radical (unpaired) electrons. The predicted octanol–water partition coefficient (Wildman–Crippen LogP) is 3.56. The molecular weight excluding hydrogens is 350 g/mol. The highest BCUT2D eigenvalue weighted by Gasteiger charge is 2.18. The Morgan fingerprint density at radius 2 is 1.83 bits per heavy atom. The molecule has 1 heterocycles. The number of carboxylic acids is 1. The van der Waals surface area contributed by atoms with E-state index in [-0.39, 0.29) is 22.2 Å². The van der Waals surface area contributed by atoms with Crippen molar-refractivity contribution in [1.82, 2.24) is 9.97 Å². The summed E-state index contributed by atoms with van der Waals surface area (Å²) in [6.45, 7) is 5.44. The molecule has 0 saturated heterocycles. The number of thioether (sulfide) groups is 1. The lowest BCUT2D eigenvalue weighted by molar-refractivity contribution is -0.115.